The van der Waals surface area contributed by atoms with E-state index in [4.69, 9.17) is 4.42 Å². The Bertz CT molecular complexity index is 2200. The standard InChI is InChI=1S/C40H27NO/c1-2-16-31(17-3-1)41(32-18-8-14-29(26-32)35-22-10-13-28-12-4-5-20-34(28)35)33-19-9-15-30(27-33)36-23-11-24-38-37-21-6-7-25-39(37)42-40(36)38/h1-27H. The van der Waals surface area contributed by atoms with Crippen LogP contribution in [0.5, 0.6) is 0 Å². The molecule has 0 unspecified atom stereocenters. The molecule has 0 spiro atoms. The van der Waals surface area contributed by atoms with Crippen molar-refractivity contribution in [1.29, 1.82) is 0 Å². The lowest BCUT2D eigenvalue weighted by Gasteiger charge is -2.26. The molecule has 8 aromatic rings. The number of fused-ring (bicyclic) bond motifs is 4. The number of furan rings is 1. The zero-order valence-electron chi connectivity index (χ0n) is 22.9. The summed E-state index contributed by atoms with van der Waals surface area (Å²) in [4.78, 5) is 2.33. The van der Waals surface area contributed by atoms with E-state index in [1.165, 1.54) is 21.9 Å². The predicted octanol–water partition coefficient (Wildman–Crippen LogP) is 11.5. The van der Waals surface area contributed by atoms with Gasteiger partial charge in [-0.1, -0.05) is 121 Å². The smallest absolute Gasteiger partial charge is 0.143 e. The van der Waals surface area contributed by atoms with Crippen LogP contribution in [0.25, 0.3) is 55.0 Å². The minimum atomic E-state index is 0.910. The van der Waals surface area contributed by atoms with Crippen molar-refractivity contribution >= 4 is 49.8 Å². The molecule has 0 amide bonds. The highest BCUT2D eigenvalue weighted by atomic mass is 16.3. The van der Waals surface area contributed by atoms with Crippen LogP contribution in [0.15, 0.2) is 168 Å². The first-order chi connectivity index (χ1) is 20.8. The number of benzene rings is 7. The molecule has 0 aliphatic carbocycles. The molecule has 8 rings (SSSR count). The second kappa shape index (κ2) is 10.1. The average molecular weight is 538 g/mol. The van der Waals surface area contributed by atoms with E-state index in [1.54, 1.807) is 0 Å². The molecule has 1 aromatic heterocycles. The van der Waals surface area contributed by atoms with Gasteiger partial charge in [0.05, 0.1) is 0 Å². The van der Waals surface area contributed by atoms with Crippen molar-refractivity contribution in [2.75, 3.05) is 4.90 Å². The van der Waals surface area contributed by atoms with Crippen molar-refractivity contribution in [3.8, 4) is 22.3 Å². The van der Waals surface area contributed by atoms with E-state index in [-0.39, 0.29) is 0 Å². The normalized spacial score (nSPS) is 11.3. The summed E-state index contributed by atoms with van der Waals surface area (Å²) in [7, 11) is 0. The Labute approximate surface area is 244 Å². The lowest BCUT2D eigenvalue weighted by Crippen LogP contribution is -2.10. The first kappa shape index (κ1) is 24.2. The van der Waals surface area contributed by atoms with E-state index >= 15 is 0 Å². The van der Waals surface area contributed by atoms with Crippen LogP contribution >= 0.6 is 0 Å². The maximum Gasteiger partial charge on any atom is 0.143 e. The van der Waals surface area contributed by atoms with Crippen LogP contribution in [-0.2, 0) is 0 Å². The number of para-hydroxylation sites is 3. The Kier molecular flexibility index (Phi) is 5.82. The topological polar surface area (TPSA) is 16.4 Å². The fraction of sp³-hybridized carbons (Fsp3) is 0. The summed E-state index contributed by atoms with van der Waals surface area (Å²) in [5.74, 6) is 0. The molecule has 0 aliphatic rings. The Balaban J connectivity index is 1.29. The van der Waals surface area contributed by atoms with Crippen LogP contribution in [0.2, 0.25) is 0 Å². The van der Waals surface area contributed by atoms with E-state index in [2.05, 4.69) is 157 Å². The SMILES string of the molecule is c1ccc(N(c2cccc(-c3cccc4ccccc34)c2)c2cccc(-c3cccc4c3oc3ccccc34)c2)cc1. The van der Waals surface area contributed by atoms with Gasteiger partial charge in [0.15, 0.2) is 0 Å². The number of nitrogens with zero attached hydrogens (tertiary/aromatic N) is 1. The Morgan fingerprint density at radius 2 is 0.929 bits per heavy atom. The quantitative estimate of drug-likeness (QED) is 0.217. The van der Waals surface area contributed by atoms with Gasteiger partial charge in [-0.25, -0.2) is 0 Å². The van der Waals surface area contributed by atoms with Crippen LogP contribution in [0.4, 0.5) is 17.1 Å². The monoisotopic (exact) mass is 537 g/mol. The predicted molar refractivity (Wildman–Crippen MR) is 177 cm³/mol. The Morgan fingerprint density at radius 3 is 1.74 bits per heavy atom. The number of hydrogen-bond acceptors (Lipinski definition) is 2. The molecule has 0 fully saturated rings. The maximum atomic E-state index is 6.39. The Morgan fingerprint density at radius 1 is 0.381 bits per heavy atom. The van der Waals surface area contributed by atoms with Gasteiger partial charge in [0.25, 0.3) is 0 Å². The summed E-state index contributed by atoms with van der Waals surface area (Å²) in [5.41, 5.74) is 9.74. The Hall–Kier alpha value is -5.60. The van der Waals surface area contributed by atoms with Crippen molar-refractivity contribution in [1.82, 2.24) is 0 Å². The van der Waals surface area contributed by atoms with Gasteiger partial charge in [-0.05, 0) is 69.9 Å². The average Bonchev–Trinajstić information content (AvgIpc) is 3.44. The molecule has 1 heterocycles. The maximum absolute atomic E-state index is 6.39. The zero-order chi connectivity index (χ0) is 27.9. The summed E-state index contributed by atoms with van der Waals surface area (Å²) in [5, 5.41) is 4.77. The second-order valence-electron chi connectivity index (χ2n) is 10.6. The van der Waals surface area contributed by atoms with E-state index in [0.29, 0.717) is 0 Å². The molecule has 0 N–H and O–H groups in total. The number of hydrogen-bond donors (Lipinski definition) is 0. The van der Waals surface area contributed by atoms with Gasteiger partial charge >= 0.3 is 0 Å². The van der Waals surface area contributed by atoms with Crippen LogP contribution in [0.3, 0.4) is 0 Å². The van der Waals surface area contributed by atoms with Crippen LogP contribution in [0.1, 0.15) is 0 Å². The van der Waals surface area contributed by atoms with Crippen molar-refractivity contribution in [2.24, 2.45) is 0 Å². The van der Waals surface area contributed by atoms with Gasteiger partial charge < -0.3 is 9.32 Å². The second-order valence-corrected chi connectivity index (χ2v) is 10.6. The third-order valence-corrected chi connectivity index (χ3v) is 8.04. The van der Waals surface area contributed by atoms with Crippen LogP contribution < -0.4 is 4.90 Å². The lowest BCUT2D eigenvalue weighted by molar-refractivity contribution is 0.670. The minimum absolute atomic E-state index is 0.910. The molecular formula is C40H27NO. The van der Waals surface area contributed by atoms with Crippen LogP contribution in [0, 0.1) is 0 Å². The summed E-state index contributed by atoms with van der Waals surface area (Å²) in [6, 6.07) is 57.9. The van der Waals surface area contributed by atoms with Crippen molar-refractivity contribution < 1.29 is 4.42 Å². The molecule has 0 saturated heterocycles. The number of anilines is 3. The molecule has 0 saturated carbocycles. The molecule has 0 atom stereocenters. The highest BCUT2D eigenvalue weighted by Gasteiger charge is 2.17. The van der Waals surface area contributed by atoms with Gasteiger partial charge in [-0.2, -0.15) is 0 Å². The van der Waals surface area contributed by atoms with Crippen molar-refractivity contribution in [2.45, 2.75) is 0 Å². The van der Waals surface area contributed by atoms with Gasteiger partial charge in [0.1, 0.15) is 11.2 Å². The molecular weight excluding hydrogens is 510 g/mol. The van der Waals surface area contributed by atoms with Gasteiger partial charge in [0.2, 0.25) is 0 Å². The highest BCUT2D eigenvalue weighted by Crippen LogP contribution is 2.41. The zero-order valence-corrected chi connectivity index (χ0v) is 22.9. The van der Waals surface area contributed by atoms with Crippen molar-refractivity contribution in [3.05, 3.63) is 164 Å². The van der Waals surface area contributed by atoms with E-state index < -0.39 is 0 Å². The summed E-state index contributed by atoms with van der Waals surface area (Å²) >= 11 is 0. The molecule has 7 aromatic carbocycles. The fourth-order valence-corrected chi connectivity index (χ4v) is 6.10. The van der Waals surface area contributed by atoms with E-state index in [1.807, 2.05) is 12.1 Å². The fourth-order valence-electron chi connectivity index (χ4n) is 6.10. The van der Waals surface area contributed by atoms with Crippen molar-refractivity contribution in [3.63, 3.8) is 0 Å². The third kappa shape index (κ3) is 4.13. The molecule has 0 radical (unpaired) electrons. The first-order valence-corrected chi connectivity index (χ1v) is 14.3. The molecule has 42 heavy (non-hydrogen) atoms. The van der Waals surface area contributed by atoms with Gasteiger partial charge in [0, 0.05) is 33.4 Å². The van der Waals surface area contributed by atoms with Gasteiger partial charge in [-0.15, -0.1) is 0 Å². The molecule has 2 nitrogen and oxygen atoms in total. The minimum Gasteiger partial charge on any atom is -0.455 e. The molecule has 0 bridgehead atoms. The van der Waals surface area contributed by atoms with E-state index in [9.17, 15) is 0 Å². The lowest BCUT2D eigenvalue weighted by atomic mass is 9.97. The third-order valence-electron chi connectivity index (χ3n) is 8.04. The first-order valence-electron chi connectivity index (χ1n) is 14.3. The molecule has 0 aliphatic heterocycles. The summed E-state index contributed by atoms with van der Waals surface area (Å²) in [6.07, 6.45) is 0. The highest BCUT2D eigenvalue weighted by molar-refractivity contribution is 6.09. The summed E-state index contributed by atoms with van der Waals surface area (Å²) in [6.45, 7) is 0. The molecule has 198 valence electrons. The number of rotatable bonds is 5. The van der Waals surface area contributed by atoms with Gasteiger partial charge in [-0.3, -0.25) is 0 Å². The van der Waals surface area contributed by atoms with E-state index in [0.717, 1.165) is 50.1 Å². The molecule has 2 heteroatoms. The summed E-state index contributed by atoms with van der Waals surface area (Å²) < 4.78 is 6.39. The largest absolute Gasteiger partial charge is 0.455 e. The van der Waals surface area contributed by atoms with Crippen LogP contribution in [-0.4, -0.2) is 0 Å².